The van der Waals surface area contributed by atoms with Gasteiger partial charge in [0.25, 0.3) is 5.91 Å². The van der Waals surface area contributed by atoms with Gasteiger partial charge in [0.15, 0.2) is 5.65 Å². The lowest BCUT2D eigenvalue weighted by molar-refractivity contribution is -0.0129. The van der Waals surface area contributed by atoms with Crippen molar-refractivity contribution in [1.29, 1.82) is 0 Å². The predicted octanol–water partition coefficient (Wildman–Crippen LogP) is 2.09. The van der Waals surface area contributed by atoms with E-state index in [1.807, 2.05) is 31.8 Å². The molecule has 29 heavy (non-hydrogen) atoms. The Morgan fingerprint density at radius 1 is 1.38 bits per heavy atom. The smallest absolute Gasteiger partial charge is 0.252 e. The van der Waals surface area contributed by atoms with Gasteiger partial charge in [-0.25, -0.2) is 4.98 Å². The summed E-state index contributed by atoms with van der Waals surface area (Å²) in [6.07, 6.45) is 3.43. The van der Waals surface area contributed by atoms with Crippen molar-refractivity contribution >= 4 is 28.7 Å². The summed E-state index contributed by atoms with van der Waals surface area (Å²) in [5.74, 6) is 2.71. The minimum absolute atomic E-state index is 0.0000607. The zero-order chi connectivity index (χ0) is 20.0. The molecule has 2 aromatic rings. The van der Waals surface area contributed by atoms with E-state index in [1.54, 1.807) is 4.68 Å². The fourth-order valence-electron chi connectivity index (χ4n) is 4.71. The third-order valence-electron chi connectivity index (χ3n) is 6.57. The number of carbonyl (C=O) groups is 1. The first-order valence-corrected chi connectivity index (χ1v) is 11.8. The normalized spacial score (nSPS) is 25.6. The molecule has 2 aromatic heterocycles. The maximum absolute atomic E-state index is 13.4. The number of hydrogen-bond acceptors (Lipinski definition) is 6. The number of ether oxygens (including phenoxy) is 1. The van der Waals surface area contributed by atoms with Gasteiger partial charge in [-0.2, -0.15) is 16.9 Å². The van der Waals surface area contributed by atoms with E-state index in [2.05, 4.69) is 15.3 Å². The van der Waals surface area contributed by atoms with Crippen LogP contribution in [0.3, 0.4) is 0 Å². The number of hydrogen-bond donors (Lipinski definition) is 1. The molecule has 2 aliphatic heterocycles. The van der Waals surface area contributed by atoms with Crippen LogP contribution in [0.2, 0.25) is 0 Å². The molecular formula is C21H29N5O2S. The van der Waals surface area contributed by atoms with Crippen LogP contribution in [0, 0.1) is 6.92 Å². The second kappa shape index (κ2) is 7.56. The zero-order valence-corrected chi connectivity index (χ0v) is 18.1. The third kappa shape index (κ3) is 3.55. The van der Waals surface area contributed by atoms with Crippen LogP contribution in [0.1, 0.15) is 46.9 Å². The van der Waals surface area contributed by atoms with Crippen molar-refractivity contribution in [2.24, 2.45) is 7.05 Å². The molecule has 3 fully saturated rings. The highest BCUT2D eigenvalue weighted by molar-refractivity contribution is 7.99. The molecule has 4 heterocycles. The number of rotatable bonds is 5. The highest BCUT2D eigenvalue weighted by Gasteiger charge is 2.41. The lowest BCUT2D eigenvalue weighted by Gasteiger charge is -2.43. The lowest BCUT2D eigenvalue weighted by atomic mass is 9.95. The van der Waals surface area contributed by atoms with E-state index >= 15 is 0 Å². The van der Waals surface area contributed by atoms with Crippen LogP contribution in [0.15, 0.2) is 6.07 Å². The van der Waals surface area contributed by atoms with Crippen molar-refractivity contribution in [3.05, 3.63) is 23.0 Å². The molecule has 1 amide bonds. The van der Waals surface area contributed by atoms with Gasteiger partial charge in [0, 0.05) is 49.6 Å². The van der Waals surface area contributed by atoms with E-state index in [9.17, 15) is 4.79 Å². The number of nitrogens with zero attached hydrogens (tertiary/aromatic N) is 4. The Morgan fingerprint density at radius 2 is 2.17 bits per heavy atom. The number of aryl methyl sites for hydroxylation is 2. The molecular weight excluding hydrogens is 386 g/mol. The van der Waals surface area contributed by atoms with Gasteiger partial charge >= 0.3 is 0 Å². The number of carbonyl (C=O) groups excluding carboxylic acids is 1. The standard InChI is InChI=1S/C21H29N5O2S/c1-14-18-16(11-17(15-3-4-15)23-19(18)25(2)24-14)20(27)22-12-21(5-10-29-13-21)26-6-8-28-9-7-26/h11,15H,3-10,12-13H2,1-2H3,(H,22,27). The molecule has 3 aliphatic rings. The molecule has 7 nitrogen and oxygen atoms in total. The molecule has 0 radical (unpaired) electrons. The Hall–Kier alpha value is -1.64. The molecule has 156 valence electrons. The van der Waals surface area contributed by atoms with Crippen LogP contribution < -0.4 is 5.32 Å². The second-order valence-corrected chi connectivity index (χ2v) is 9.69. The van der Waals surface area contributed by atoms with Gasteiger partial charge in [-0.05, 0) is 38.0 Å². The SMILES string of the molecule is Cc1nn(C)c2nc(C3CC3)cc(C(=O)NCC3(N4CCOCC4)CCSC3)c12. The highest BCUT2D eigenvalue weighted by atomic mass is 32.2. The first-order valence-electron chi connectivity index (χ1n) is 10.6. The van der Waals surface area contributed by atoms with Gasteiger partial charge < -0.3 is 10.1 Å². The van der Waals surface area contributed by atoms with Crippen LogP contribution in [0.4, 0.5) is 0 Å². The molecule has 8 heteroatoms. The van der Waals surface area contributed by atoms with Crippen molar-refractivity contribution in [2.75, 3.05) is 44.4 Å². The van der Waals surface area contributed by atoms with E-state index in [1.165, 1.54) is 0 Å². The Morgan fingerprint density at radius 3 is 2.86 bits per heavy atom. The average molecular weight is 416 g/mol. The summed E-state index contributed by atoms with van der Waals surface area (Å²) in [6, 6.07) is 2.01. The number of thioether (sulfide) groups is 1. The van der Waals surface area contributed by atoms with Crippen LogP contribution in [0.25, 0.3) is 11.0 Å². The summed E-state index contributed by atoms with van der Waals surface area (Å²) in [4.78, 5) is 20.7. The Kier molecular flexibility index (Phi) is 5.04. The van der Waals surface area contributed by atoms with Crippen molar-refractivity contribution in [2.45, 2.75) is 37.6 Å². The summed E-state index contributed by atoms with van der Waals surface area (Å²) < 4.78 is 7.35. The summed E-state index contributed by atoms with van der Waals surface area (Å²) in [5, 5.41) is 8.71. The number of fused-ring (bicyclic) bond motifs is 1. The van der Waals surface area contributed by atoms with Crippen LogP contribution in [0.5, 0.6) is 0 Å². The molecule has 0 aromatic carbocycles. The fourth-order valence-corrected chi connectivity index (χ4v) is 6.18. The molecule has 1 aliphatic carbocycles. The maximum Gasteiger partial charge on any atom is 0.252 e. The number of aromatic nitrogens is 3. The van der Waals surface area contributed by atoms with E-state index in [-0.39, 0.29) is 11.4 Å². The second-order valence-electron chi connectivity index (χ2n) is 8.59. The van der Waals surface area contributed by atoms with Crippen molar-refractivity contribution in [1.82, 2.24) is 25.0 Å². The summed E-state index contributed by atoms with van der Waals surface area (Å²) in [7, 11) is 1.91. The largest absolute Gasteiger partial charge is 0.379 e. The van der Waals surface area contributed by atoms with E-state index < -0.39 is 0 Å². The molecule has 1 N–H and O–H groups in total. The lowest BCUT2D eigenvalue weighted by Crippen LogP contribution is -2.59. The summed E-state index contributed by atoms with van der Waals surface area (Å²) in [6.45, 7) is 6.10. The van der Waals surface area contributed by atoms with Gasteiger partial charge in [0.1, 0.15) is 0 Å². The first-order chi connectivity index (χ1) is 14.1. The summed E-state index contributed by atoms with van der Waals surface area (Å²) >= 11 is 1.99. The van der Waals surface area contributed by atoms with Gasteiger partial charge in [-0.3, -0.25) is 14.4 Å². The highest BCUT2D eigenvalue weighted by Crippen LogP contribution is 2.40. The maximum atomic E-state index is 13.4. The number of morpholine rings is 1. The molecule has 5 rings (SSSR count). The molecule has 0 bridgehead atoms. The van der Waals surface area contributed by atoms with Gasteiger partial charge in [-0.15, -0.1) is 0 Å². The zero-order valence-electron chi connectivity index (χ0n) is 17.2. The van der Waals surface area contributed by atoms with E-state index in [0.29, 0.717) is 12.5 Å². The van der Waals surface area contributed by atoms with Crippen molar-refractivity contribution in [3.8, 4) is 0 Å². The third-order valence-corrected chi connectivity index (χ3v) is 7.81. The Bertz CT molecular complexity index is 927. The quantitative estimate of drug-likeness (QED) is 0.806. The average Bonchev–Trinajstić information content (AvgIpc) is 3.41. The minimum Gasteiger partial charge on any atom is -0.379 e. The number of nitrogens with one attached hydrogen (secondary N) is 1. The van der Waals surface area contributed by atoms with Crippen LogP contribution in [-0.2, 0) is 11.8 Å². The topological polar surface area (TPSA) is 72.3 Å². The van der Waals surface area contributed by atoms with Gasteiger partial charge in [0.2, 0.25) is 0 Å². The van der Waals surface area contributed by atoms with Crippen molar-refractivity contribution in [3.63, 3.8) is 0 Å². The molecule has 0 spiro atoms. The fraction of sp³-hybridized carbons (Fsp3) is 0.667. The summed E-state index contributed by atoms with van der Waals surface area (Å²) in [5.41, 5.74) is 3.48. The number of amides is 1. The minimum atomic E-state index is -0.0000607. The van der Waals surface area contributed by atoms with Gasteiger partial charge in [0.05, 0.1) is 29.9 Å². The van der Waals surface area contributed by atoms with Gasteiger partial charge in [-0.1, -0.05) is 0 Å². The van der Waals surface area contributed by atoms with Crippen LogP contribution >= 0.6 is 11.8 Å². The Balaban J connectivity index is 1.42. The molecule has 1 saturated carbocycles. The molecule has 1 unspecified atom stereocenters. The molecule has 2 saturated heterocycles. The molecule has 1 atom stereocenters. The first kappa shape index (κ1) is 19.3. The monoisotopic (exact) mass is 415 g/mol. The van der Waals surface area contributed by atoms with Crippen LogP contribution in [-0.4, -0.2) is 75.5 Å². The van der Waals surface area contributed by atoms with E-state index in [4.69, 9.17) is 9.72 Å². The number of pyridine rings is 1. The predicted molar refractivity (Wildman–Crippen MR) is 115 cm³/mol. The van der Waals surface area contributed by atoms with Crippen molar-refractivity contribution < 1.29 is 9.53 Å². The Labute approximate surface area is 175 Å². The van der Waals surface area contributed by atoms with E-state index in [0.717, 1.165) is 85.1 Å².